The van der Waals surface area contributed by atoms with Crippen molar-refractivity contribution in [3.05, 3.63) is 16.2 Å². The Bertz CT molecular complexity index is 822. The van der Waals surface area contributed by atoms with Crippen molar-refractivity contribution in [1.82, 2.24) is 29.9 Å². The Kier molecular flexibility index (Phi) is 3.82. The minimum atomic E-state index is -0.255. The number of nitrogens with one attached hydrogen (secondary N) is 1. The Morgan fingerprint density at radius 3 is 2.88 bits per heavy atom. The molecule has 2 aliphatic rings. The summed E-state index contributed by atoms with van der Waals surface area (Å²) in [4.78, 5) is 33.4. The van der Waals surface area contributed by atoms with Gasteiger partial charge in [-0.1, -0.05) is 11.6 Å². The Balaban J connectivity index is 1.50. The Labute approximate surface area is 139 Å². The monoisotopic (exact) mass is 330 g/mol. The maximum absolute atomic E-state index is 12.5. The molecule has 128 valence electrons. The molecule has 24 heavy (non-hydrogen) atoms. The maximum atomic E-state index is 12.5. The van der Waals surface area contributed by atoms with Crippen molar-refractivity contribution in [2.24, 2.45) is 11.8 Å². The summed E-state index contributed by atoms with van der Waals surface area (Å²) in [6, 6.07) is 0. The summed E-state index contributed by atoms with van der Waals surface area (Å²) in [5.41, 5.74) is 0.548. The van der Waals surface area contributed by atoms with Crippen molar-refractivity contribution >= 4 is 17.1 Å². The summed E-state index contributed by atoms with van der Waals surface area (Å²) in [5, 5.41) is 8.06. The number of aryl methyl sites for hydroxylation is 1. The molecule has 2 aromatic heterocycles. The topological polar surface area (TPSA) is 96.8 Å². The SMILES string of the molecule is Cc1nc2c(nnn2C[C@H]2CCCN(C(=O)C3CCC3)C2)c(=O)[nH]1. The van der Waals surface area contributed by atoms with Crippen LogP contribution in [0.15, 0.2) is 4.79 Å². The largest absolute Gasteiger partial charge is 0.342 e. The van der Waals surface area contributed by atoms with Crippen molar-refractivity contribution in [2.75, 3.05) is 13.1 Å². The van der Waals surface area contributed by atoms with Crippen molar-refractivity contribution in [2.45, 2.75) is 45.6 Å². The smallest absolute Gasteiger partial charge is 0.281 e. The summed E-state index contributed by atoms with van der Waals surface area (Å²) < 4.78 is 1.71. The predicted molar refractivity (Wildman–Crippen MR) is 87.3 cm³/mol. The van der Waals surface area contributed by atoms with E-state index in [1.165, 1.54) is 6.42 Å². The molecule has 8 nitrogen and oxygen atoms in total. The van der Waals surface area contributed by atoms with Gasteiger partial charge in [0.05, 0.1) is 0 Å². The zero-order valence-electron chi connectivity index (χ0n) is 13.9. The normalized spacial score (nSPS) is 21.9. The van der Waals surface area contributed by atoms with E-state index in [2.05, 4.69) is 20.3 Å². The van der Waals surface area contributed by atoms with Crippen LogP contribution in [0.2, 0.25) is 0 Å². The van der Waals surface area contributed by atoms with Gasteiger partial charge in [-0.15, -0.1) is 5.10 Å². The van der Waals surface area contributed by atoms with E-state index < -0.39 is 0 Å². The van der Waals surface area contributed by atoms with Gasteiger partial charge in [0.1, 0.15) is 5.82 Å². The zero-order valence-corrected chi connectivity index (χ0v) is 13.9. The minimum Gasteiger partial charge on any atom is -0.342 e. The fourth-order valence-electron chi connectivity index (χ4n) is 3.67. The summed E-state index contributed by atoms with van der Waals surface area (Å²) in [6.07, 6.45) is 5.33. The van der Waals surface area contributed by atoms with Gasteiger partial charge in [0.15, 0.2) is 11.2 Å². The van der Waals surface area contributed by atoms with Crippen molar-refractivity contribution in [1.29, 1.82) is 0 Å². The second-order valence-corrected chi connectivity index (χ2v) is 7.02. The van der Waals surface area contributed by atoms with Crippen molar-refractivity contribution in [3.63, 3.8) is 0 Å². The van der Waals surface area contributed by atoms with Gasteiger partial charge >= 0.3 is 0 Å². The number of piperidine rings is 1. The predicted octanol–water partition coefficient (Wildman–Crippen LogP) is 0.862. The molecular weight excluding hydrogens is 308 g/mol. The van der Waals surface area contributed by atoms with E-state index in [0.29, 0.717) is 29.8 Å². The average Bonchev–Trinajstić information content (AvgIpc) is 2.89. The van der Waals surface area contributed by atoms with Crippen LogP contribution in [0.25, 0.3) is 11.2 Å². The number of rotatable bonds is 3. The molecule has 4 rings (SSSR count). The lowest BCUT2D eigenvalue weighted by molar-refractivity contribution is -0.140. The molecule has 1 saturated carbocycles. The molecule has 1 aliphatic heterocycles. The summed E-state index contributed by atoms with van der Waals surface area (Å²) >= 11 is 0. The highest BCUT2D eigenvalue weighted by Crippen LogP contribution is 2.30. The number of hydrogen-bond acceptors (Lipinski definition) is 5. The second kappa shape index (κ2) is 5.99. The lowest BCUT2D eigenvalue weighted by atomic mass is 9.83. The first-order chi connectivity index (χ1) is 11.6. The number of aromatic nitrogens is 5. The number of aromatic amines is 1. The molecule has 1 atom stereocenters. The first-order valence-corrected chi connectivity index (χ1v) is 8.70. The van der Waals surface area contributed by atoms with Gasteiger partial charge in [-0.25, -0.2) is 9.67 Å². The summed E-state index contributed by atoms with van der Waals surface area (Å²) in [6.45, 7) is 4.01. The highest BCUT2D eigenvalue weighted by molar-refractivity contribution is 5.79. The van der Waals surface area contributed by atoms with Crippen LogP contribution in [-0.2, 0) is 11.3 Å². The Morgan fingerprint density at radius 1 is 1.29 bits per heavy atom. The Hall–Kier alpha value is -2.25. The molecule has 1 aliphatic carbocycles. The zero-order chi connectivity index (χ0) is 16.7. The molecule has 8 heteroatoms. The van der Waals surface area contributed by atoms with Gasteiger partial charge in [-0.05, 0) is 38.5 Å². The lowest BCUT2D eigenvalue weighted by Crippen LogP contribution is -2.45. The van der Waals surface area contributed by atoms with E-state index in [1.54, 1.807) is 11.6 Å². The first kappa shape index (κ1) is 15.3. The number of carbonyl (C=O) groups excluding carboxylic acids is 1. The number of fused-ring (bicyclic) bond motifs is 1. The number of hydrogen-bond donors (Lipinski definition) is 1. The van der Waals surface area contributed by atoms with Crippen molar-refractivity contribution < 1.29 is 4.79 Å². The van der Waals surface area contributed by atoms with Gasteiger partial charge in [-0.2, -0.15) is 0 Å². The van der Waals surface area contributed by atoms with Crippen LogP contribution in [0.1, 0.15) is 37.9 Å². The van der Waals surface area contributed by atoms with Crippen LogP contribution in [0, 0.1) is 18.8 Å². The molecule has 2 aromatic rings. The Morgan fingerprint density at radius 2 is 2.12 bits per heavy atom. The second-order valence-electron chi connectivity index (χ2n) is 7.02. The molecule has 1 saturated heterocycles. The van der Waals surface area contributed by atoms with E-state index in [9.17, 15) is 9.59 Å². The maximum Gasteiger partial charge on any atom is 0.281 e. The molecule has 0 bridgehead atoms. The van der Waals surface area contributed by atoms with Crippen LogP contribution in [0.3, 0.4) is 0 Å². The molecule has 0 spiro atoms. The van der Waals surface area contributed by atoms with Gasteiger partial charge in [0, 0.05) is 25.6 Å². The number of amides is 1. The fourth-order valence-corrected chi connectivity index (χ4v) is 3.67. The van der Waals surface area contributed by atoms with E-state index >= 15 is 0 Å². The third kappa shape index (κ3) is 2.70. The van der Waals surface area contributed by atoms with Gasteiger partial charge in [-0.3, -0.25) is 9.59 Å². The third-order valence-electron chi connectivity index (χ3n) is 5.21. The van der Waals surface area contributed by atoms with Crippen LogP contribution < -0.4 is 5.56 Å². The van der Waals surface area contributed by atoms with Crippen molar-refractivity contribution in [3.8, 4) is 0 Å². The van der Waals surface area contributed by atoms with Crippen LogP contribution in [-0.4, -0.2) is 48.9 Å². The van der Waals surface area contributed by atoms with Gasteiger partial charge < -0.3 is 9.88 Å². The van der Waals surface area contributed by atoms with Crippen LogP contribution in [0.4, 0.5) is 0 Å². The van der Waals surface area contributed by atoms with Crippen LogP contribution in [0.5, 0.6) is 0 Å². The van der Waals surface area contributed by atoms with E-state index in [0.717, 1.165) is 38.8 Å². The molecule has 0 radical (unpaired) electrons. The number of H-pyrrole nitrogens is 1. The van der Waals surface area contributed by atoms with Gasteiger partial charge in [0.2, 0.25) is 5.91 Å². The molecular formula is C16H22N6O2. The molecule has 0 unspecified atom stereocenters. The minimum absolute atomic E-state index is 0.249. The summed E-state index contributed by atoms with van der Waals surface area (Å²) in [7, 11) is 0. The average molecular weight is 330 g/mol. The number of carbonyl (C=O) groups is 1. The van der Waals surface area contributed by atoms with E-state index in [4.69, 9.17) is 0 Å². The molecule has 0 aromatic carbocycles. The lowest BCUT2D eigenvalue weighted by Gasteiger charge is -2.37. The number of nitrogens with zero attached hydrogens (tertiary/aromatic N) is 5. The van der Waals surface area contributed by atoms with Crippen LogP contribution >= 0.6 is 0 Å². The molecule has 1 N–H and O–H groups in total. The highest BCUT2D eigenvalue weighted by atomic mass is 16.2. The fraction of sp³-hybridized carbons (Fsp3) is 0.688. The molecule has 3 heterocycles. The third-order valence-corrected chi connectivity index (χ3v) is 5.21. The molecule has 1 amide bonds. The highest BCUT2D eigenvalue weighted by Gasteiger charge is 2.32. The van der Waals surface area contributed by atoms with E-state index in [1.807, 2.05) is 4.90 Å². The van der Waals surface area contributed by atoms with Gasteiger partial charge in [0.25, 0.3) is 5.56 Å². The van der Waals surface area contributed by atoms with E-state index in [-0.39, 0.29) is 17.0 Å². The first-order valence-electron chi connectivity index (χ1n) is 8.70. The summed E-state index contributed by atoms with van der Waals surface area (Å²) in [5.74, 6) is 1.45. The number of likely N-dealkylation sites (tertiary alicyclic amines) is 1. The standard InChI is InChI=1S/C16H22N6O2/c1-10-17-14-13(15(23)18-10)19-20-22(14)9-11-4-3-7-21(8-11)16(24)12-5-2-6-12/h11-12H,2-9H2,1H3,(H,17,18,23)/t11-/m0/s1. The quantitative estimate of drug-likeness (QED) is 0.900. The molecule has 2 fully saturated rings.